The van der Waals surface area contributed by atoms with E-state index >= 15 is 0 Å². The van der Waals surface area contributed by atoms with Crippen molar-refractivity contribution >= 4 is 33.9 Å². The number of hydrogen-bond donors (Lipinski definition) is 3. The summed E-state index contributed by atoms with van der Waals surface area (Å²) in [5, 5.41) is 11.6. The van der Waals surface area contributed by atoms with Gasteiger partial charge in [0.2, 0.25) is 0 Å². The fourth-order valence-electron chi connectivity index (χ4n) is 4.49. The van der Waals surface area contributed by atoms with Crippen molar-refractivity contribution in [2.24, 2.45) is 0 Å². The predicted molar refractivity (Wildman–Crippen MR) is 151 cm³/mol. The molecule has 0 spiro atoms. The van der Waals surface area contributed by atoms with Crippen LogP contribution in [0.25, 0.3) is 32.9 Å². The number of pyridine rings is 1. The summed E-state index contributed by atoms with van der Waals surface area (Å²) >= 11 is 0. The number of H-pyrrole nitrogens is 2. The lowest BCUT2D eigenvalue weighted by atomic mass is 10.0. The van der Waals surface area contributed by atoms with Gasteiger partial charge in [0.05, 0.1) is 24.9 Å². The summed E-state index contributed by atoms with van der Waals surface area (Å²) in [6.45, 7) is 5.66. The van der Waals surface area contributed by atoms with Crippen LogP contribution < -0.4 is 10.1 Å². The molecule has 3 heterocycles. The topological polar surface area (TPSA) is 131 Å². The molecule has 3 N–H and O–H groups in total. The maximum Gasteiger partial charge on any atom is 0.408 e. The molecule has 0 radical (unpaired) electrons. The average molecular weight is 542 g/mol. The second-order valence-corrected chi connectivity index (χ2v) is 10.5. The maximum atomic E-state index is 12.6. The number of carbonyl (C=O) groups excluding carboxylic acids is 2. The number of nitrogens with one attached hydrogen (secondary N) is 3. The molecule has 0 saturated heterocycles. The first-order valence-corrected chi connectivity index (χ1v) is 12.9. The van der Waals surface area contributed by atoms with Crippen molar-refractivity contribution in [2.75, 3.05) is 13.7 Å². The lowest BCUT2D eigenvalue weighted by Crippen LogP contribution is -2.43. The first kappa shape index (κ1) is 26.7. The number of hydrogen-bond acceptors (Lipinski definition) is 7. The predicted octanol–water partition coefficient (Wildman–Crippen LogP) is 5.41. The number of para-hydroxylation sites is 1. The van der Waals surface area contributed by atoms with Crippen molar-refractivity contribution in [1.82, 2.24) is 25.5 Å². The van der Waals surface area contributed by atoms with E-state index in [4.69, 9.17) is 14.2 Å². The first-order valence-electron chi connectivity index (χ1n) is 12.9. The van der Waals surface area contributed by atoms with Gasteiger partial charge in [-0.2, -0.15) is 5.10 Å². The number of aromatic amines is 2. The molecule has 2 aromatic carbocycles. The average Bonchev–Trinajstić information content (AvgIpc) is 3.54. The molecule has 10 nitrogen and oxygen atoms in total. The number of ether oxygens (including phenoxy) is 3. The van der Waals surface area contributed by atoms with Gasteiger partial charge in [0.15, 0.2) is 5.69 Å². The fourth-order valence-corrected chi connectivity index (χ4v) is 4.49. The smallest absolute Gasteiger partial charge is 0.408 e. The van der Waals surface area contributed by atoms with E-state index in [9.17, 15) is 9.59 Å². The number of aromatic nitrogens is 4. The summed E-state index contributed by atoms with van der Waals surface area (Å²) in [6, 6.07) is 15.1. The molecule has 0 unspecified atom stereocenters. The number of benzene rings is 2. The number of fused-ring (bicyclic) bond motifs is 2. The van der Waals surface area contributed by atoms with E-state index in [1.807, 2.05) is 75.5 Å². The molecular weight excluding hydrogens is 510 g/mol. The largest absolute Gasteiger partial charge is 0.490 e. The first-order chi connectivity index (χ1) is 19.2. The Bertz CT molecular complexity index is 1670. The van der Waals surface area contributed by atoms with Gasteiger partial charge in [0.1, 0.15) is 18.0 Å². The van der Waals surface area contributed by atoms with E-state index in [0.717, 1.165) is 33.1 Å². The molecule has 0 saturated carbocycles. The number of esters is 1. The van der Waals surface area contributed by atoms with Gasteiger partial charge in [-0.05, 0) is 62.6 Å². The lowest BCUT2D eigenvalue weighted by molar-refractivity contribution is 0.0487. The third kappa shape index (κ3) is 6.06. The maximum absolute atomic E-state index is 12.6. The normalized spacial score (nSPS) is 12.3. The third-order valence-corrected chi connectivity index (χ3v) is 6.30. The summed E-state index contributed by atoms with van der Waals surface area (Å²) in [4.78, 5) is 32.4. The number of rotatable bonds is 8. The van der Waals surface area contributed by atoms with Crippen LogP contribution in [0.5, 0.6) is 5.75 Å². The zero-order valence-corrected chi connectivity index (χ0v) is 22.8. The van der Waals surface area contributed by atoms with Gasteiger partial charge >= 0.3 is 12.1 Å². The van der Waals surface area contributed by atoms with Crippen molar-refractivity contribution in [2.45, 2.75) is 38.8 Å². The van der Waals surface area contributed by atoms with E-state index in [2.05, 4.69) is 25.5 Å². The summed E-state index contributed by atoms with van der Waals surface area (Å²) < 4.78 is 16.5. The van der Waals surface area contributed by atoms with Crippen molar-refractivity contribution in [1.29, 1.82) is 0 Å². The number of nitrogens with zero attached hydrogens (tertiary/aromatic N) is 2. The van der Waals surface area contributed by atoms with Gasteiger partial charge in [-0.1, -0.05) is 24.3 Å². The highest BCUT2D eigenvalue weighted by molar-refractivity contribution is 6.03. The molecule has 0 aliphatic carbocycles. The molecule has 206 valence electrons. The summed E-state index contributed by atoms with van der Waals surface area (Å²) in [6.07, 6.45) is 5.31. The Morgan fingerprint density at radius 3 is 2.62 bits per heavy atom. The van der Waals surface area contributed by atoms with E-state index in [1.54, 1.807) is 12.4 Å². The van der Waals surface area contributed by atoms with Gasteiger partial charge in [0, 0.05) is 34.2 Å². The Hall–Kier alpha value is -4.86. The van der Waals surface area contributed by atoms with Gasteiger partial charge in [-0.15, -0.1) is 0 Å². The molecule has 1 amide bonds. The molecule has 0 aliphatic rings. The molecule has 0 aliphatic heterocycles. The Kier molecular flexibility index (Phi) is 7.41. The van der Waals surface area contributed by atoms with E-state index < -0.39 is 17.7 Å². The quantitative estimate of drug-likeness (QED) is 0.224. The minimum atomic E-state index is -0.627. The molecule has 1 atom stereocenters. The van der Waals surface area contributed by atoms with Crippen molar-refractivity contribution in [3.8, 4) is 16.9 Å². The van der Waals surface area contributed by atoms with E-state index in [1.165, 1.54) is 7.11 Å². The summed E-state index contributed by atoms with van der Waals surface area (Å²) in [5.74, 6) is 0.0187. The second kappa shape index (κ2) is 11.1. The van der Waals surface area contributed by atoms with Crippen LogP contribution >= 0.6 is 0 Å². The molecule has 3 aromatic heterocycles. The van der Waals surface area contributed by atoms with Gasteiger partial charge in [0.25, 0.3) is 0 Å². The van der Waals surface area contributed by atoms with Crippen LogP contribution in [0.2, 0.25) is 0 Å². The monoisotopic (exact) mass is 541 g/mol. The van der Waals surface area contributed by atoms with Crippen molar-refractivity contribution < 1.29 is 23.8 Å². The van der Waals surface area contributed by atoms with Crippen LogP contribution in [0.3, 0.4) is 0 Å². The zero-order valence-electron chi connectivity index (χ0n) is 22.8. The number of alkyl carbamates (subject to hydrolysis) is 1. The molecule has 40 heavy (non-hydrogen) atoms. The Morgan fingerprint density at radius 1 is 1.00 bits per heavy atom. The van der Waals surface area contributed by atoms with Crippen LogP contribution in [0, 0.1) is 0 Å². The minimum Gasteiger partial charge on any atom is -0.490 e. The Labute approximate surface area is 231 Å². The van der Waals surface area contributed by atoms with Gasteiger partial charge in [-0.25, -0.2) is 9.59 Å². The van der Waals surface area contributed by atoms with Crippen LogP contribution in [0.4, 0.5) is 4.79 Å². The van der Waals surface area contributed by atoms with Crippen LogP contribution in [0.1, 0.15) is 36.8 Å². The zero-order chi connectivity index (χ0) is 28.3. The lowest BCUT2D eigenvalue weighted by Gasteiger charge is -2.24. The van der Waals surface area contributed by atoms with Crippen molar-refractivity contribution in [3.05, 3.63) is 78.4 Å². The standard InChI is InChI=1S/C30H31N5O5/c1-30(2,3)40-29(37)33-21(11-20-15-32-25-8-6-5-7-23(20)25)17-39-22-12-19(14-31-16-22)18-9-10-26-24(13-18)27(35-34-26)28(36)38-4/h5-10,12-16,21,32H,11,17H2,1-4H3,(H,33,37)(H,34,35)/t21-/m1/s1. The molecule has 0 fully saturated rings. The Morgan fingerprint density at radius 2 is 1.82 bits per heavy atom. The highest BCUT2D eigenvalue weighted by atomic mass is 16.6. The van der Waals surface area contributed by atoms with Crippen LogP contribution in [-0.2, 0) is 15.9 Å². The van der Waals surface area contributed by atoms with Crippen LogP contribution in [-0.4, -0.2) is 57.6 Å². The molecule has 5 rings (SSSR count). The molecule has 0 bridgehead atoms. The SMILES string of the molecule is COC(=O)c1n[nH]c2ccc(-c3cncc(OC[C@@H](Cc4c[nH]c5ccccc45)NC(=O)OC(C)(C)C)c3)cc12. The number of carbonyl (C=O) groups is 2. The minimum absolute atomic E-state index is 0.192. The molecular formula is C30H31N5O5. The van der Waals surface area contributed by atoms with E-state index in [-0.39, 0.29) is 18.3 Å². The summed E-state index contributed by atoms with van der Waals surface area (Å²) in [7, 11) is 1.32. The molecule has 10 heteroatoms. The second-order valence-electron chi connectivity index (χ2n) is 10.5. The van der Waals surface area contributed by atoms with Crippen molar-refractivity contribution in [3.63, 3.8) is 0 Å². The Balaban J connectivity index is 1.36. The van der Waals surface area contributed by atoms with Crippen LogP contribution in [0.15, 0.2) is 67.1 Å². The highest BCUT2D eigenvalue weighted by Crippen LogP contribution is 2.28. The number of methoxy groups -OCH3 is 1. The van der Waals surface area contributed by atoms with Gasteiger partial charge < -0.3 is 24.5 Å². The van der Waals surface area contributed by atoms with E-state index in [0.29, 0.717) is 17.6 Å². The fraction of sp³-hybridized carbons (Fsp3) is 0.267. The number of amides is 1. The third-order valence-electron chi connectivity index (χ3n) is 6.30. The molecule has 5 aromatic rings. The highest BCUT2D eigenvalue weighted by Gasteiger charge is 2.22. The van der Waals surface area contributed by atoms with Gasteiger partial charge in [-0.3, -0.25) is 10.1 Å². The summed E-state index contributed by atoms with van der Waals surface area (Å²) in [5.41, 5.74) is 4.02.